The molecule has 1 aliphatic rings. The second kappa shape index (κ2) is 4.63. The molecule has 0 bridgehead atoms. The Morgan fingerprint density at radius 1 is 1.67 bits per heavy atom. The standard InChI is InChI=1S/C10H20N2/c1-9(7-11-2)10-5-4-6-12(3)8-10/h10-11H,1,4-8H2,2-3H3. The zero-order valence-corrected chi connectivity index (χ0v) is 8.27. The Balaban J connectivity index is 2.35. The Morgan fingerprint density at radius 2 is 2.42 bits per heavy atom. The Kier molecular flexibility index (Phi) is 3.76. The van der Waals surface area contributed by atoms with Crippen LogP contribution in [0.4, 0.5) is 0 Å². The Hall–Kier alpha value is -0.340. The molecule has 1 unspecified atom stereocenters. The molecule has 1 rings (SSSR count). The molecule has 2 nitrogen and oxygen atoms in total. The predicted molar refractivity (Wildman–Crippen MR) is 53.3 cm³/mol. The highest BCUT2D eigenvalue weighted by molar-refractivity contribution is 5.04. The number of likely N-dealkylation sites (tertiary alicyclic amines) is 1. The number of rotatable bonds is 3. The topological polar surface area (TPSA) is 15.3 Å². The summed E-state index contributed by atoms with van der Waals surface area (Å²) < 4.78 is 0. The van der Waals surface area contributed by atoms with E-state index in [4.69, 9.17) is 0 Å². The summed E-state index contributed by atoms with van der Waals surface area (Å²) in [6, 6.07) is 0. The van der Waals surface area contributed by atoms with Gasteiger partial charge in [0.1, 0.15) is 0 Å². The lowest BCUT2D eigenvalue weighted by atomic mass is 9.91. The van der Waals surface area contributed by atoms with Crippen molar-refractivity contribution in [1.29, 1.82) is 0 Å². The molecule has 1 atom stereocenters. The van der Waals surface area contributed by atoms with Crippen molar-refractivity contribution in [3.05, 3.63) is 12.2 Å². The zero-order valence-electron chi connectivity index (χ0n) is 8.27. The summed E-state index contributed by atoms with van der Waals surface area (Å²) in [6.45, 7) is 7.53. The van der Waals surface area contributed by atoms with E-state index in [1.807, 2.05) is 7.05 Å². The molecule has 12 heavy (non-hydrogen) atoms. The summed E-state index contributed by atoms with van der Waals surface area (Å²) in [5.41, 5.74) is 1.36. The molecule has 70 valence electrons. The van der Waals surface area contributed by atoms with Crippen molar-refractivity contribution >= 4 is 0 Å². The van der Waals surface area contributed by atoms with Crippen molar-refractivity contribution in [3.63, 3.8) is 0 Å². The fourth-order valence-electron chi connectivity index (χ4n) is 1.87. The van der Waals surface area contributed by atoms with Gasteiger partial charge in [-0.1, -0.05) is 12.2 Å². The van der Waals surface area contributed by atoms with Crippen LogP contribution in [-0.4, -0.2) is 38.6 Å². The monoisotopic (exact) mass is 168 g/mol. The molecule has 0 radical (unpaired) electrons. The number of likely N-dealkylation sites (N-methyl/N-ethyl adjacent to an activating group) is 1. The summed E-state index contributed by atoms with van der Waals surface area (Å²) in [4.78, 5) is 2.40. The van der Waals surface area contributed by atoms with E-state index < -0.39 is 0 Å². The van der Waals surface area contributed by atoms with Crippen LogP contribution in [0.3, 0.4) is 0 Å². The number of hydrogen-bond acceptors (Lipinski definition) is 2. The fourth-order valence-corrected chi connectivity index (χ4v) is 1.87. The molecule has 1 saturated heterocycles. The maximum atomic E-state index is 4.11. The third kappa shape index (κ3) is 2.61. The zero-order chi connectivity index (χ0) is 8.97. The number of hydrogen-bond donors (Lipinski definition) is 1. The van der Waals surface area contributed by atoms with Crippen LogP contribution >= 0.6 is 0 Å². The average Bonchev–Trinajstić information content (AvgIpc) is 2.05. The van der Waals surface area contributed by atoms with Crippen molar-refractivity contribution in [1.82, 2.24) is 10.2 Å². The van der Waals surface area contributed by atoms with Gasteiger partial charge in [0.2, 0.25) is 0 Å². The normalized spacial score (nSPS) is 25.7. The molecule has 0 aliphatic carbocycles. The molecule has 0 aromatic heterocycles. The number of nitrogens with one attached hydrogen (secondary N) is 1. The van der Waals surface area contributed by atoms with Gasteiger partial charge < -0.3 is 10.2 Å². The van der Waals surface area contributed by atoms with Crippen LogP contribution in [0.2, 0.25) is 0 Å². The van der Waals surface area contributed by atoms with E-state index in [1.54, 1.807) is 0 Å². The Morgan fingerprint density at radius 3 is 3.00 bits per heavy atom. The maximum Gasteiger partial charge on any atom is 0.0162 e. The first-order valence-electron chi connectivity index (χ1n) is 4.75. The van der Waals surface area contributed by atoms with Gasteiger partial charge in [-0.05, 0) is 39.4 Å². The molecule has 0 spiro atoms. The van der Waals surface area contributed by atoms with Gasteiger partial charge in [0.05, 0.1) is 0 Å². The quantitative estimate of drug-likeness (QED) is 0.635. The smallest absolute Gasteiger partial charge is 0.0162 e. The van der Waals surface area contributed by atoms with Crippen LogP contribution in [-0.2, 0) is 0 Å². The Bertz CT molecular complexity index is 154. The molecular formula is C10H20N2. The fraction of sp³-hybridized carbons (Fsp3) is 0.800. The van der Waals surface area contributed by atoms with Crippen molar-refractivity contribution in [2.75, 3.05) is 33.7 Å². The van der Waals surface area contributed by atoms with E-state index in [9.17, 15) is 0 Å². The van der Waals surface area contributed by atoms with Gasteiger partial charge in [0, 0.05) is 13.1 Å². The van der Waals surface area contributed by atoms with Crippen LogP contribution in [0, 0.1) is 5.92 Å². The van der Waals surface area contributed by atoms with Crippen LogP contribution < -0.4 is 5.32 Å². The first kappa shape index (κ1) is 9.75. The molecule has 1 fully saturated rings. The van der Waals surface area contributed by atoms with E-state index >= 15 is 0 Å². The third-order valence-electron chi connectivity index (χ3n) is 2.61. The highest BCUT2D eigenvalue weighted by Crippen LogP contribution is 2.20. The maximum absolute atomic E-state index is 4.11. The minimum Gasteiger partial charge on any atom is -0.316 e. The largest absolute Gasteiger partial charge is 0.316 e. The molecule has 1 N–H and O–H groups in total. The van der Waals surface area contributed by atoms with Crippen LogP contribution in [0.25, 0.3) is 0 Å². The summed E-state index contributed by atoms with van der Waals surface area (Å²) in [5.74, 6) is 0.719. The number of piperidine rings is 1. The van der Waals surface area contributed by atoms with Gasteiger partial charge in [0.15, 0.2) is 0 Å². The van der Waals surface area contributed by atoms with Gasteiger partial charge >= 0.3 is 0 Å². The summed E-state index contributed by atoms with van der Waals surface area (Å²) in [5, 5.41) is 3.16. The molecule has 0 aromatic carbocycles. The SMILES string of the molecule is C=C(CNC)C1CCCN(C)C1. The lowest BCUT2D eigenvalue weighted by Crippen LogP contribution is -2.34. The molecule has 0 aromatic rings. The molecule has 0 amide bonds. The molecular weight excluding hydrogens is 148 g/mol. The number of nitrogens with zero attached hydrogens (tertiary/aromatic N) is 1. The lowest BCUT2D eigenvalue weighted by Gasteiger charge is -2.30. The third-order valence-corrected chi connectivity index (χ3v) is 2.61. The molecule has 0 saturated carbocycles. The van der Waals surface area contributed by atoms with Gasteiger partial charge in [-0.25, -0.2) is 0 Å². The minimum atomic E-state index is 0.719. The van der Waals surface area contributed by atoms with E-state index in [0.29, 0.717) is 0 Å². The van der Waals surface area contributed by atoms with Gasteiger partial charge in [0.25, 0.3) is 0 Å². The highest BCUT2D eigenvalue weighted by atomic mass is 15.1. The van der Waals surface area contributed by atoms with Crippen molar-refractivity contribution in [2.24, 2.45) is 5.92 Å². The van der Waals surface area contributed by atoms with Crippen molar-refractivity contribution < 1.29 is 0 Å². The first-order chi connectivity index (χ1) is 5.74. The van der Waals surface area contributed by atoms with E-state index in [0.717, 1.165) is 12.5 Å². The lowest BCUT2D eigenvalue weighted by molar-refractivity contribution is 0.229. The summed E-state index contributed by atoms with van der Waals surface area (Å²) in [7, 11) is 4.18. The highest BCUT2D eigenvalue weighted by Gasteiger charge is 2.18. The van der Waals surface area contributed by atoms with Gasteiger partial charge in [-0.15, -0.1) is 0 Å². The van der Waals surface area contributed by atoms with E-state index in [2.05, 4.69) is 23.8 Å². The summed E-state index contributed by atoms with van der Waals surface area (Å²) in [6.07, 6.45) is 2.65. The van der Waals surface area contributed by atoms with Gasteiger partial charge in [-0.2, -0.15) is 0 Å². The molecule has 2 heteroatoms. The van der Waals surface area contributed by atoms with Crippen LogP contribution in [0.5, 0.6) is 0 Å². The van der Waals surface area contributed by atoms with Gasteiger partial charge in [-0.3, -0.25) is 0 Å². The van der Waals surface area contributed by atoms with E-state index in [-0.39, 0.29) is 0 Å². The Labute approximate surface area is 75.6 Å². The first-order valence-corrected chi connectivity index (χ1v) is 4.75. The molecule has 1 aliphatic heterocycles. The summed E-state index contributed by atoms with van der Waals surface area (Å²) >= 11 is 0. The second-order valence-electron chi connectivity index (χ2n) is 3.79. The molecule has 1 heterocycles. The van der Waals surface area contributed by atoms with Crippen LogP contribution in [0.15, 0.2) is 12.2 Å². The van der Waals surface area contributed by atoms with Crippen molar-refractivity contribution in [2.45, 2.75) is 12.8 Å². The van der Waals surface area contributed by atoms with Crippen molar-refractivity contribution in [3.8, 4) is 0 Å². The van der Waals surface area contributed by atoms with E-state index in [1.165, 1.54) is 31.5 Å². The average molecular weight is 168 g/mol. The van der Waals surface area contributed by atoms with Crippen LogP contribution in [0.1, 0.15) is 12.8 Å². The minimum absolute atomic E-state index is 0.719. The predicted octanol–water partition coefficient (Wildman–Crippen LogP) is 1.10. The second-order valence-corrected chi connectivity index (χ2v) is 3.79.